The first kappa shape index (κ1) is 15.1. The van der Waals surface area contributed by atoms with Gasteiger partial charge >= 0.3 is 0 Å². The molecule has 1 atom stereocenters. The van der Waals surface area contributed by atoms with Crippen LogP contribution in [0.4, 0.5) is 8.78 Å². The lowest BCUT2D eigenvalue weighted by Gasteiger charge is -2.36. The van der Waals surface area contributed by atoms with Crippen LogP contribution in [0.25, 0.3) is 0 Å². The van der Waals surface area contributed by atoms with E-state index in [0.717, 1.165) is 12.1 Å². The van der Waals surface area contributed by atoms with Gasteiger partial charge in [-0.2, -0.15) is 0 Å². The Hall–Kier alpha value is -1.00. The first-order valence-electron chi connectivity index (χ1n) is 6.27. The van der Waals surface area contributed by atoms with Gasteiger partial charge in [0.1, 0.15) is 6.10 Å². The highest BCUT2D eigenvalue weighted by atomic mass is 19.2. The fourth-order valence-corrected chi connectivity index (χ4v) is 2.19. The van der Waals surface area contributed by atoms with Gasteiger partial charge in [-0.1, -0.05) is 19.9 Å². The summed E-state index contributed by atoms with van der Waals surface area (Å²) < 4.78 is 31.7. The van der Waals surface area contributed by atoms with E-state index in [0.29, 0.717) is 25.0 Å². The van der Waals surface area contributed by atoms with E-state index in [9.17, 15) is 13.9 Å². The van der Waals surface area contributed by atoms with E-state index in [1.165, 1.54) is 6.07 Å². The SMILES string of the molecule is CCOC(CC)(CC)C(O)c1ccc(F)c(F)c1. The molecule has 0 saturated heterocycles. The smallest absolute Gasteiger partial charge is 0.159 e. The molecule has 0 bridgehead atoms. The Morgan fingerprint density at radius 2 is 1.78 bits per heavy atom. The molecule has 0 fully saturated rings. The molecule has 1 aromatic rings. The van der Waals surface area contributed by atoms with Gasteiger partial charge in [-0.3, -0.25) is 0 Å². The quantitative estimate of drug-likeness (QED) is 0.845. The van der Waals surface area contributed by atoms with Gasteiger partial charge in [-0.15, -0.1) is 0 Å². The minimum absolute atomic E-state index is 0.339. The summed E-state index contributed by atoms with van der Waals surface area (Å²) in [6, 6.07) is 3.44. The molecular weight excluding hydrogens is 238 g/mol. The molecule has 0 amide bonds. The predicted molar refractivity (Wildman–Crippen MR) is 66.3 cm³/mol. The van der Waals surface area contributed by atoms with Crippen LogP contribution in [-0.2, 0) is 4.74 Å². The summed E-state index contributed by atoms with van der Waals surface area (Å²) in [5, 5.41) is 10.4. The van der Waals surface area contributed by atoms with Crippen molar-refractivity contribution in [1.82, 2.24) is 0 Å². The number of ether oxygens (including phenoxy) is 1. The third-order valence-corrected chi connectivity index (χ3v) is 3.39. The van der Waals surface area contributed by atoms with Crippen molar-refractivity contribution in [1.29, 1.82) is 0 Å². The first-order chi connectivity index (χ1) is 8.50. The summed E-state index contributed by atoms with van der Waals surface area (Å²) in [4.78, 5) is 0. The highest BCUT2D eigenvalue weighted by Crippen LogP contribution is 2.35. The van der Waals surface area contributed by atoms with Gasteiger partial charge in [-0.25, -0.2) is 8.78 Å². The van der Waals surface area contributed by atoms with E-state index in [1.807, 2.05) is 20.8 Å². The third kappa shape index (κ3) is 2.87. The van der Waals surface area contributed by atoms with Crippen molar-refractivity contribution in [2.75, 3.05) is 6.61 Å². The molecule has 0 radical (unpaired) electrons. The molecule has 4 heteroatoms. The number of halogens is 2. The van der Waals surface area contributed by atoms with Crippen LogP contribution >= 0.6 is 0 Å². The normalized spacial score (nSPS) is 13.7. The molecule has 18 heavy (non-hydrogen) atoms. The monoisotopic (exact) mass is 258 g/mol. The molecule has 0 aliphatic heterocycles. The lowest BCUT2D eigenvalue weighted by atomic mass is 9.86. The van der Waals surface area contributed by atoms with Crippen molar-refractivity contribution >= 4 is 0 Å². The second-order valence-electron chi connectivity index (χ2n) is 4.28. The molecule has 0 aliphatic carbocycles. The Balaban J connectivity index is 3.08. The van der Waals surface area contributed by atoms with Gasteiger partial charge in [0.15, 0.2) is 11.6 Å². The van der Waals surface area contributed by atoms with Gasteiger partial charge in [0.2, 0.25) is 0 Å². The van der Waals surface area contributed by atoms with Crippen molar-refractivity contribution in [3.05, 3.63) is 35.4 Å². The van der Waals surface area contributed by atoms with E-state index in [2.05, 4.69) is 0 Å². The molecule has 0 aromatic heterocycles. The van der Waals surface area contributed by atoms with Crippen molar-refractivity contribution < 1.29 is 18.6 Å². The number of hydrogen-bond acceptors (Lipinski definition) is 2. The average Bonchev–Trinajstić information content (AvgIpc) is 2.38. The summed E-state index contributed by atoms with van der Waals surface area (Å²) in [5.41, 5.74) is -0.412. The molecule has 1 aromatic carbocycles. The second kappa shape index (κ2) is 6.25. The van der Waals surface area contributed by atoms with Crippen LogP contribution in [0.15, 0.2) is 18.2 Å². The lowest BCUT2D eigenvalue weighted by Crippen LogP contribution is -2.38. The molecule has 1 unspecified atom stereocenters. The van der Waals surface area contributed by atoms with Crippen molar-refractivity contribution in [3.63, 3.8) is 0 Å². The Bertz CT molecular complexity index is 389. The summed E-state index contributed by atoms with van der Waals surface area (Å²) in [6.07, 6.45) is 0.220. The number of benzene rings is 1. The molecule has 0 spiro atoms. The minimum Gasteiger partial charge on any atom is -0.385 e. The van der Waals surface area contributed by atoms with Crippen LogP contribution in [0.3, 0.4) is 0 Å². The average molecular weight is 258 g/mol. The first-order valence-corrected chi connectivity index (χ1v) is 6.27. The Labute approximate surface area is 107 Å². The maximum absolute atomic E-state index is 13.2. The Morgan fingerprint density at radius 3 is 2.22 bits per heavy atom. The predicted octanol–water partition coefficient (Wildman–Crippen LogP) is 3.59. The molecule has 0 saturated carbocycles. The molecule has 1 rings (SSSR count). The van der Waals surface area contributed by atoms with Crippen molar-refractivity contribution in [2.24, 2.45) is 0 Å². The topological polar surface area (TPSA) is 29.5 Å². The Morgan fingerprint density at radius 1 is 1.17 bits per heavy atom. The van der Waals surface area contributed by atoms with Crippen molar-refractivity contribution in [3.8, 4) is 0 Å². The van der Waals surface area contributed by atoms with Gasteiger partial charge in [-0.05, 0) is 37.5 Å². The summed E-state index contributed by atoms with van der Waals surface area (Å²) in [6.45, 7) is 6.12. The van der Waals surface area contributed by atoms with E-state index < -0.39 is 23.3 Å². The molecule has 0 heterocycles. The third-order valence-electron chi connectivity index (χ3n) is 3.39. The lowest BCUT2D eigenvalue weighted by molar-refractivity contribution is -0.127. The zero-order valence-corrected chi connectivity index (χ0v) is 11.0. The van der Waals surface area contributed by atoms with Crippen molar-refractivity contribution in [2.45, 2.75) is 45.3 Å². The molecule has 2 nitrogen and oxygen atoms in total. The molecular formula is C14H20F2O2. The van der Waals surface area contributed by atoms with E-state index >= 15 is 0 Å². The highest BCUT2D eigenvalue weighted by molar-refractivity contribution is 5.22. The van der Waals surface area contributed by atoms with Crippen LogP contribution in [0, 0.1) is 11.6 Å². The molecule has 102 valence electrons. The van der Waals surface area contributed by atoms with Crippen LogP contribution in [-0.4, -0.2) is 17.3 Å². The van der Waals surface area contributed by atoms with Crippen LogP contribution in [0.2, 0.25) is 0 Å². The van der Waals surface area contributed by atoms with Gasteiger partial charge < -0.3 is 9.84 Å². The second-order valence-corrected chi connectivity index (χ2v) is 4.28. The fourth-order valence-electron chi connectivity index (χ4n) is 2.19. The number of aliphatic hydroxyl groups is 1. The van der Waals surface area contributed by atoms with Gasteiger partial charge in [0, 0.05) is 6.61 Å². The molecule has 1 N–H and O–H groups in total. The number of aliphatic hydroxyl groups excluding tert-OH is 1. The van der Waals surface area contributed by atoms with Crippen LogP contribution in [0.1, 0.15) is 45.3 Å². The summed E-state index contributed by atoms with van der Waals surface area (Å²) >= 11 is 0. The Kier molecular flexibility index (Phi) is 5.23. The summed E-state index contributed by atoms with van der Waals surface area (Å²) in [7, 11) is 0. The van der Waals surface area contributed by atoms with E-state index in [-0.39, 0.29) is 0 Å². The zero-order chi connectivity index (χ0) is 13.8. The maximum atomic E-state index is 13.2. The zero-order valence-electron chi connectivity index (χ0n) is 11.0. The van der Waals surface area contributed by atoms with Crippen LogP contribution in [0.5, 0.6) is 0 Å². The molecule has 0 aliphatic rings. The number of rotatable bonds is 6. The largest absolute Gasteiger partial charge is 0.385 e. The highest BCUT2D eigenvalue weighted by Gasteiger charge is 2.36. The number of hydrogen-bond donors (Lipinski definition) is 1. The van der Waals surface area contributed by atoms with Gasteiger partial charge in [0.25, 0.3) is 0 Å². The fraction of sp³-hybridized carbons (Fsp3) is 0.571. The van der Waals surface area contributed by atoms with Crippen LogP contribution < -0.4 is 0 Å². The van der Waals surface area contributed by atoms with E-state index in [1.54, 1.807) is 0 Å². The maximum Gasteiger partial charge on any atom is 0.159 e. The van der Waals surface area contributed by atoms with Gasteiger partial charge in [0.05, 0.1) is 5.60 Å². The standard InChI is InChI=1S/C14H20F2O2/c1-4-14(5-2,18-6-3)13(17)10-7-8-11(15)12(16)9-10/h7-9,13,17H,4-6H2,1-3H3. The minimum atomic E-state index is -0.970. The summed E-state index contributed by atoms with van der Waals surface area (Å²) in [5.74, 6) is -1.87. The van der Waals surface area contributed by atoms with E-state index in [4.69, 9.17) is 4.74 Å².